The molecule has 2 heterocycles. The fraction of sp³-hybridized carbons (Fsp3) is 0.250. The van der Waals surface area contributed by atoms with Crippen LogP contribution in [0.2, 0.25) is 0 Å². The molecule has 1 fully saturated rings. The van der Waals surface area contributed by atoms with Crippen LogP contribution >= 0.6 is 0 Å². The number of nitrogens with zero attached hydrogens (tertiary/aromatic N) is 3. The van der Waals surface area contributed by atoms with Crippen LogP contribution in [-0.2, 0) is 11.0 Å². The molecule has 0 radical (unpaired) electrons. The van der Waals surface area contributed by atoms with E-state index in [1.54, 1.807) is 30.6 Å². The van der Waals surface area contributed by atoms with Crippen LogP contribution in [0.25, 0.3) is 0 Å². The lowest BCUT2D eigenvalue weighted by molar-refractivity contribution is -0.137. The van der Waals surface area contributed by atoms with Gasteiger partial charge < -0.3 is 15.5 Å². The van der Waals surface area contributed by atoms with E-state index in [2.05, 4.69) is 20.6 Å². The van der Waals surface area contributed by atoms with Crippen LogP contribution in [0.1, 0.15) is 28.8 Å². The number of aromatic nitrogens is 2. The number of nitrogens with one attached hydrogen (secondary N) is 2. The largest absolute Gasteiger partial charge is 0.416 e. The summed E-state index contributed by atoms with van der Waals surface area (Å²) in [7, 11) is 0. The van der Waals surface area contributed by atoms with Crippen LogP contribution in [0, 0.1) is 5.92 Å². The molecule has 0 saturated carbocycles. The Morgan fingerprint density at radius 1 is 0.941 bits per heavy atom. The van der Waals surface area contributed by atoms with Gasteiger partial charge in [0.15, 0.2) is 0 Å². The molecule has 0 spiro atoms. The predicted molar refractivity (Wildman–Crippen MR) is 121 cm³/mol. The minimum Gasteiger partial charge on any atom is -0.340 e. The molecule has 2 N–H and O–H groups in total. The van der Waals surface area contributed by atoms with Gasteiger partial charge in [-0.25, -0.2) is 9.97 Å². The highest BCUT2D eigenvalue weighted by Crippen LogP contribution is 2.31. The van der Waals surface area contributed by atoms with Crippen molar-refractivity contribution in [3.8, 4) is 0 Å². The van der Waals surface area contributed by atoms with Crippen LogP contribution in [0.15, 0.2) is 67.0 Å². The molecular weight excluding hydrogens is 447 g/mol. The molecule has 2 aromatic carbocycles. The van der Waals surface area contributed by atoms with Gasteiger partial charge in [0.05, 0.1) is 11.5 Å². The number of piperidine rings is 1. The zero-order valence-corrected chi connectivity index (χ0v) is 18.0. The average molecular weight is 469 g/mol. The molecule has 7 nitrogen and oxygen atoms in total. The molecule has 1 aromatic heterocycles. The lowest BCUT2D eigenvalue weighted by Crippen LogP contribution is -2.41. The van der Waals surface area contributed by atoms with Gasteiger partial charge in [-0.15, -0.1) is 0 Å². The second-order valence-corrected chi connectivity index (χ2v) is 7.94. The van der Waals surface area contributed by atoms with Crippen molar-refractivity contribution < 1.29 is 22.8 Å². The third kappa shape index (κ3) is 5.69. The smallest absolute Gasteiger partial charge is 0.340 e. The molecule has 34 heavy (non-hydrogen) atoms. The average Bonchev–Trinajstić information content (AvgIpc) is 2.84. The van der Waals surface area contributed by atoms with Gasteiger partial charge in [-0.05, 0) is 55.3 Å². The molecular formula is C24H22F3N5O2. The third-order valence-corrected chi connectivity index (χ3v) is 5.47. The Morgan fingerprint density at radius 3 is 2.38 bits per heavy atom. The molecule has 4 rings (SSSR count). The minimum absolute atomic E-state index is 0.0275. The molecule has 176 valence electrons. The van der Waals surface area contributed by atoms with Gasteiger partial charge in [0.25, 0.3) is 5.91 Å². The summed E-state index contributed by atoms with van der Waals surface area (Å²) in [6.45, 7) is 1.24. The van der Waals surface area contributed by atoms with Crippen molar-refractivity contribution in [1.82, 2.24) is 9.97 Å². The van der Waals surface area contributed by atoms with Gasteiger partial charge in [0.1, 0.15) is 0 Å². The van der Waals surface area contributed by atoms with Gasteiger partial charge in [-0.2, -0.15) is 13.2 Å². The number of alkyl halides is 3. The van der Waals surface area contributed by atoms with E-state index in [9.17, 15) is 22.8 Å². The Hall–Kier alpha value is -3.95. The van der Waals surface area contributed by atoms with Gasteiger partial charge in [0, 0.05) is 42.4 Å². The summed E-state index contributed by atoms with van der Waals surface area (Å²) in [5.41, 5.74) is -0.193. The van der Waals surface area contributed by atoms with E-state index in [0.717, 1.165) is 25.1 Å². The number of hydrogen-bond acceptors (Lipinski definition) is 5. The summed E-state index contributed by atoms with van der Waals surface area (Å²) in [4.78, 5) is 35.9. The molecule has 10 heteroatoms. The maximum Gasteiger partial charge on any atom is 0.416 e. The topological polar surface area (TPSA) is 87.2 Å². The summed E-state index contributed by atoms with van der Waals surface area (Å²) < 4.78 is 38.7. The maximum atomic E-state index is 12.9. The number of amides is 2. The number of carbonyl (C=O) groups excluding carboxylic acids is 2. The number of anilines is 3. The molecule has 1 unspecified atom stereocenters. The molecule has 1 atom stereocenters. The number of hydrogen-bond donors (Lipinski definition) is 2. The highest BCUT2D eigenvalue weighted by atomic mass is 19.4. The van der Waals surface area contributed by atoms with E-state index in [1.807, 2.05) is 4.90 Å². The summed E-state index contributed by atoms with van der Waals surface area (Å²) >= 11 is 0. The lowest BCUT2D eigenvalue weighted by Gasteiger charge is -2.31. The van der Waals surface area contributed by atoms with Crippen molar-refractivity contribution in [3.63, 3.8) is 0 Å². The summed E-state index contributed by atoms with van der Waals surface area (Å²) in [5.74, 6) is -0.468. The molecule has 2 amide bonds. The third-order valence-electron chi connectivity index (χ3n) is 5.47. The second kappa shape index (κ2) is 9.90. The van der Waals surface area contributed by atoms with Crippen LogP contribution < -0.4 is 15.5 Å². The van der Waals surface area contributed by atoms with Crippen molar-refractivity contribution in [3.05, 3.63) is 78.1 Å². The minimum atomic E-state index is -4.51. The zero-order valence-electron chi connectivity index (χ0n) is 18.0. The fourth-order valence-corrected chi connectivity index (χ4v) is 3.79. The monoisotopic (exact) mass is 469 g/mol. The Bertz CT molecular complexity index is 1170. The Kier molecular flexibility index (Phi) is 6.76. The van der Waals surface area contributed by atoms with E-state index < -0.39 is 17.6 Å². The normalized spacial score (nSPS) is 16.1. The van der Waals surface area contributed by atoms with Crippen LogP contribution in [-0.4, -0.2) is 34.9 Å². The molecule has 0 bridgehead atoms. The van der Waals surface area contributed by atoms with E-state index in [-0.39, 0.29) is 23.1 Å². The van der Waals surface area contributed by atoms with Gasteiger partial charge >= 0.3 is 6.18 Å². The molecule has 0 aliphatic carbocycles. The maximum absolute atomic E-state index is 12.9. The summed E-state index contributed by atoms with van der Waals surface area (Å²) in [6.07, 6.45) is 0.330. The van der Waals surface area contributed by atoms with Crippen molar-refractivity contribution in [2.24, 2.45) is 5.92 Å². The lowest BCUT2D eigenvalue weighted by atomic mass is 9.97. The van der Waals surface area contributed by atoms with E-state index >= 15 is 0 Å². The van der Waals surface area contributed by atoms with Crippen molar-refractivity contribution >= 4 is 29.1 Å². The van der Waals surface area contributed by atoms with E-state index in [1.165, 1.54) is 24.3 Å². The Balaban J connectivity index is 1.40. The number of rotatable bonds is 5. The van der Waals surface area contributed by atoms with Crippen LogP contribution in [0.3, 0.4) is 0 Å². The first-order valence-corrected chi connectivity index (χ1v) is 10.7. The molecule has 1 aliphatic heterocycles. The van der Waals surface area contributed by atoms with Crippen molar-refractivity contribution in [1.29, 1.82) is 0 Å². The van der Waals surface area contributed by atoms with E-state index in [0.29, 0.717) is 24.6 Å². The Labute approximate surface area is 194 Å². The second-order valence-electron chi connectivity index (χ2n) is 7.94. The van der Waals surface area contributed by atoms with Crippen molar-refractivity contribution in [2.75, 3.05) is 28.6 Å². The number of benzene rings is 2. The predicted octanol–water partition coefficient (Wildman–Crippen LogP) is 4.60. The van der Waals surface area contributed by atoms with Gasteiger partial charge in [-0.1, -0.05) is 12.1 Å². The van der Waals surface area contributed by atoms with Crippen LogP contribution in [0.5, 0.6) is 0 Å². The van der Waals surface area contributed by atoms with Crippen molar-refractivity contribution in [2.45, 2.75) is 19.0 Å². The van der Waals surface area contributed by atoms with Crippen LogP contribution in [0.4, 0.5) is 30.5 Å². The zero-order chi connectivity index (χ0) is 24.1. The first-order chi connectivity index (χ1) is 16.3. The molecule has 3 aromatic rings. The fourth-order valence-electron chi connectivity index (χ4n) is 3.79. The highest BCUT2D eigenvalue weighted by molar-refractivity contribution is 6.05. The summed E-state index contributed by atoms with van der Waals surface area (Å²) in [6, 6.07) is 12.4. The molecule has 1 aliphatic rings. The van der Waals surface area contributed by atoms with E-state index in [4.69, 9.17) is 0 Å². The Morgan fingerprint density at radius 2 is 1.65 bits per heavy atom. The quantitative estimate of drug-likeness (QED) is 0.570. The van der Waals surface area contributed by atoms with Gasteiger partial charge in [-0.3, -0.25) is 9.59 Å². The molecule has 1 saturated heterocycles. The SMILES string of the molecule is O=C(Nc1cccc(C(F)(F)F)c1)c1cccc(NC(=O)C2CCCN(c3ncccn3)C2)c1. The standard InChI is InChI=1S/C24H22F3N5O2/c25-24(26,27)18-7-2-9-20(14-18)31-21(33)16-5-1-8-19(13-16)30-22(34)17-6-3-12-32(15-17)23-28-10-4-11-29-23/h1-2,4-5,7-11,13-14,17H,3,6,12,15H2,(H,30,34)(H,31,33). The van der Waals surface area contributed by atoms with Gasteiger partial charge in [0.2, 0.25) is 11.9 Å². The summed E-state index contributed by atoms with van der Waals surface area (Å²) in [5, 5.41) is 5.30. The number of halogens is 3. The highest BCUT2D eigenvalue weighted by Gasteiger charge is 2.30. The first kappa shape index (κ1) is 23.2. The number of carbonyl (C=O) groups is 2. The first-order valence-electron chi connectivity index (χ1n) is 10.7.